The second kappa shape index (κ2) is 7.82. The van der Waals surface area contributed by atoms with E-state index in [1.54, 1.807) is 28.3 Å². The number of nitrogens with zero attached hydrogens (tertiary/aromatic N) is 7. The van der Waals surface area contributed by atoms with Crippen molar-refractivity contribution in [3.05, 3.63) is 31.1 Å². The number of hydrogen-bond donors (Lipinski definition) is 1. The summed E-state index contributed by atoms with van der Waals surface area (Å²) in [5.74, 6) is 0.835. The van der Waals surface area contributed by atoms with E-state index in [-0.39, 0.29) is 5.91 Å². The zero-order valence-corrected chi connectivity index (χ0v) is 14.7. The predicted octanol–water partition coefficient (Wildman–Crippen LogP) is -0.0691. The van der Waals surface area contributed by atoms with E-state index in [4.69, 9.17) is 0 Å². The van der Waals surface area contributed by atoms with Crippen molar-refractivity contribution >= 4 is 17.6 Å². The Morgan fingerprint density at radius 2 is 2.28 bits per heavy atom. The Balaban J connectivity index is 1.61. The Morgan fingerprint density at radius 3 is 2.92 bits per heavy atom. The van der Waals surface area contributed by atoms with Gasteiger partial charge in [0.1, 0.15) is 6.54 Å². The number of nitrogens with one attached hydrogen (secondary N) is 1. The number of piperazine rings is 1. The molecule has 1 N–H and O–H groups in total. The van der Waals surface area contributed by atoms with Crippen LogP contribution in [0.5, 0.6) is 0 Å². The lowest BCUT2D eigenvalue weighted by atomic mass is 10.3. The third-order valence-electron chi connectivity index (χ3n) is 4.04. The highest BCUT2D eigenvalue weighted by atomic mass is 16.2. The van der Waals surface area contributed by atoms with Crippen molar-refractivity contribution < 1.29 is 4.79 Å². The molecule has 0 unspecified atom stereocenters. The van der Waals surface area contributed by atoms with Gasteiger partial charge in [-0.05, 0) is 6.92 Å². The molecule has 1 aliphatic rings. The van der Waals surface area contributed by atoms with Crippen LogP contribution in [0, 0.1) is 0 Å². The molecular formula is C16H24N8O. The first-order valence-electron chi connectivity index (χ1n) is 8.45. The summed E-state index contributed by atoms with van der Waals surface area (Å²) in [4.78, 5) is 25.0. The molecule has 1 saturated heterocycles. The maximum atomic E-state index is 12.5. The minimum atomic E-state index is 0.0551. The van der Waals surface area contributed by atoms with Gasteiger partial charge < -0.3 is 19.7 Å². The number of aromatic nitrogens is 4. The lowest BCUT2D eigenvalue weighted by Crippen LogP contribution is -2.55. The van der Waals surface area contributed by atoms with Crippen LogP contribution in [0.2, 0.25) is 0 Å². The van der Waals surface area contributed by atoms with Gasteiger partial charge in [0, 0.05) is 51.8 Å². The molecule has 1 aliphatic heterocycles. The second-order valence-electron chi connectivity index (χ2n) is 5.88. The minimum absolute atomic E-state index is 0.0551. The minimum Gasteiger partial charge on any atom is -0.357 e. The van der Waals surface area contributed by atoms with Gasteiger partial charge in [-0.1, -0.05) is 0 Å². The lowest BCUT2D eigenvalue weighted by Gasteiger charge is -2.35. The maximum absolute atomic E-state index is 12.5. The van der Waals surface area contributed by atoms with E-state index in [0.717, 1.165) is 31.3 Å². The average molecular weight is 344 g/mol. The van der Waals surface area contributed by atoms with Gasteiger partial charge in [0.2, 0.25) is 5.91 Å². The van der Waals surface area contributed by atoms with Crippen molar-refractivity contribution in [3.63, 3.8) is 0 Å². The van der Waals surface area contributed by atoms with Crippen molar-refractivity contribution in [2.75, 3.05) is 37.6 Å². The molecule has 2 aromatic heterocycles. The van der Waals surface area contributed by atoms with Crippen LogP contribution in [-0.4, -0.2) is 68.8 Å². The molecule has 0 spiro atoms. The number of anilines is 1. The van der Waals surface area contributed by atoms with E-state index in [0.29, 0.717) is 19.6 Å². The van der Waals surface area contributed by atoms with Crippen LogP contribution in [-0.2, 0) is 18.4 Å². The third kappa shape index (κ3) is 4.17. The molecule has 0 atom stereocenters. The van der Waals surface area contributed by atoms with Crippen LogP contribution in [0.3, 0.4) is 0 Å². The van der Waals surface area contributed by atoms with E-state index in [9.17, 15) is 4.79 Å². The van der Waals surface area contributed by atoms with Crippen LogP contribution >= 0.6 is 0 Å². The largest absolute Gasteiger partial charge is 0.357 e. The molecule has 9 nitrogen and oxygen atoms in total. The van der Waals surface area contributed by atoms with Crippen LogP contribution in [0.1, 0.15) is 6.92 Å². The number of aliphatic imine (C=N–C) groups is 1. The average Bonchev–Trinajstić information content (AvgIpc) is 3.26. The first-order valence-corrected chi connectivity index (χ1v) is 8.45. The standard InChI is InChI=1S/C16H24N8O/c1-3-18-16(19-5-7-22-6-4-17-13-22)23-8-9-24(15(25)12-23)14-10-20-21(2)11-14/h4,6,10-11,13H,3,5,7-9,12H2,1-2H3,(H,18,19). The quantitative estimate of drug-likeness (QED) is 0.606. The van der Waals surface area contributed by atoms with E-state index in [2.05, 4.69) is 20.4 Å². The van der Waals surface area contributed by atoms with Gasteiger partial charge in [0.15, 0.2) is 5.96 Å². The molecular weight excluding hydrogens is 320 g/mol. The Morgan fingerprint density at radius 1 is 1.40 bits per heavy atom. The molecule has 134 valence electrons. The summed E-state index contributed by atoms with van der Waals surface area (Å²) >= 11 is 0. The highest BCUT2D eigenvalue weighted by molar-refractivity contribution is 5.98. The van der Waals surface area contributed by atoms with Crippen molar-refractivity contribution in [3.8, 4) is 0 Å². The van der Waals surface area contributed by atoms with Crippen molar-refractivity contribution in [1.29, 1.82) is 0 Å². The summed E-state index contributed by atoms with van der Waals surface area (Å²) in [5, 5.41) is 7.42. The lowest BCUT2D eigenvalue weighted by molar-refractivity contribution is -0.120. The fraction of sp³-hybridized carbons (Fsp3) is 0.500. The molecule has 0 bridgehead atoms. The zero-order valence-electron chi connectivity index (χ0n) is 14.7. The SMILES string of the molecule is CCNC(=NCCn1ccnc1)N1CCN(c2cnn(C)c2)C(=O)C1. The Kier molecular flexibility index (Phi) is 5.32. The molecule has 9 heteroatoms. The van der Waals surface area contributed by atoms with Crippen LogP contribution in [0.15, 0.2) is 36.1 Å². The molecule has 25 heavy (non-hydrogen) atoms. The van der Waals surface area contributed by atoms with Gasteiger partial charge in [-0.15, -0.1) is 0 Å². The van der Waals surface area contributed by atoms with Gasteiger partial charge in [-0.25, -0.2) is 4.98 Å². The van der Waals surface area contributed by atoms with Crippen LogP contribution in [0.25, 0.3) is 0 Å². The van der Waals surface area contributed by atoms with Gasteiger partial charge in [-0.2, -0.15) is 5.10 Å². The molecule has 0 saturated carbocycles. The van der Waals surface area contributed by atoms with E-state index < -0.39 is 0 Å². The fourth-order valence-corrected chi connectivity index (χ4v) is 2.79. The Labute approximate surface area is 147 Å². The molecule has 1 fully saturated rings. The molecule has 3 heterocycles. The summed E-state index contributed by atoms with van der Waals surface area (Å²) < 4.78 is 3.69. The summed E-state index contributed by atoms with van der Waals surface area (Å²) in [6.07, 6.45) is 9.03. The highest BCUT2D eigenvalue weighted by Gasteiger charge is 2.27. The summed E-state index contributed by atoms with van der Waals surface area (Å²) in [6.45, 7) is 5.86. The molecule has 3 rings (SSSR count). The van der Waals surface area contributed by atoms with E-state index >= 15 is 0 Å². The van der Waals surface area contributed by atoms with Gasteiger partial charge >= 0.3 is 0 Å². The van der Waals surface area contributed by atoms with Gasteiger partial charge in [0.05, 0.1) is 24.8 Å². The molecule has 1 amide bonds. The molecule has 0 aliphatic carbocycles. The fourth-order valence-electron chi connectivity index (χ4n) is 2.79. The normalized spacial score (nSPS) is 15.8. The van der Waals surface area contributed by atoms with Crippen molar-refractivity contribution in [2.24, 2.45) is 12.0 Å². The highest BCUT2D eigenvalue weighted by Crippen LogP contribution is 2.16. The molecule has 2 aromatic rings. The summed E-state index contributed by atoms with van der Waals surface area (Å²) in [5.41, 5.74) is 0.842. The molecule has 0 aromatic carbocycles. The van der Waals surface area contributed by atoms with Gasteiger partial charge in [-0.3, -0.25) is 14.5 Å². The Bertz CT molecular complexity index is 720. The number of amides is 1. The molecule has 0 radical (unpaired) electrons. The van der Waals surface area contributed by atoms with Gasteiger partial charge in [0.25, 0.3) is 0 Å². The van der Waals surface area contributed by atoms with E-state index in [1.165, 1.54) is 0 Å². The third-order valence-corrected chi connectivity index (χ3v) is 4.04. The van der Waals surface area contributed by atoms with Crippen molar-refractivity contribution in [2.45, 2.75) is 13.5 Å². The summed E-state index contributed by atoms with van der Waals surface area (Å²) in [7, 11) is 1.85. The number of hydrogen-bond acceptors (Lipinski definition) is 4. The monoisotopic (exact) mass is 344 g/mol. The topological polar surface area (TPSA) is 83.6 Å². The smallest absolute Gasteiger partial charge is 0.246 e. The number of carbonyl (C=O) groups is 1. The number of carbonyl (C=O) groups excluding carboxylic acids is 1. The number of aryl methyl sites for hydroxylation is 1. The van der Waals surface area contributed by atoms with E-state index in [1.807, 2.05) is 35.8 Å². The predicted molar refractivity (Wildman–Crippen MR) is 95.3 cm³/mol. The van der Waals surface area contributed by atoms with Crippen molar-refractivity contribution in [1.82, 2.24) is 29.5 Å². The zero-order chi connectivity index (χ0) is 17.6. The maximum Gasteiger partial charge on any atom is 0.246 e. The number of imidazole rings is 1. The first kappa shape index (κ1) is 17.0. The first-order chi connectivity index (χ1) is 12.2. The number of guanidine groups is 1. The van der Waals surface area contributed by atoms with Crippen LogP contribution < -0.4 is 10.2 Å². The summed E-state index contributed by atoms with van der Waals surface area (Å²) in [6, 6.07) is 0. The Hall–Kier alpha value is -2.84. The number of rotatable bonds is 5. The van der Waals surface area contributed by atoms with Crippen LogP contribution in [0.4, 0.5) is 5.69 Å². The second-order valence-corrected chi connectivity index (χ2v) is 5.88.